The van der Waals surface area contributed by atoms with Crippen LogP contribution in [0.5, 0.6) is 0 Å². The summed E-state index contributed by atoms with van der Waals surface area (Å²) >= 11 is 1.55. The van der Waals surface area contributed by atoms with E-state index in [0.29, 0.717) is 6.42 Å². The molecule has 1 aromatic heterocycles. The van der Waals surface area contributed by atoms with Crippen molar-refractivity contribution >= 4 is 23.3 Å². The van der Waals surface area contributed by atoms with E-state index in [1.165, 1.54) is 12.1 Å². The summed E-state index contributed by atoms with van der Waals surface area (Å²) in [5.74, 6) is -0.390. The number of fused-ring (bicyclic) bond motifs is 2. The van der Waals surface area contributed by atoms with Gasteiger partial charge >= 0.3 is 12.2 Å². The van der Waals surface area contributed by atoms with Crippen molar-refractivity contribution in [1.82, 2.24) is 10.2 Å². The van der Waals surface area contributed by atoms with Crippen molar-refractivity contribution in [3.8, 4) is 0 Å². The van der Waals surface area contributed by atoms with Gasteiger partial charge in [0.15, 0.2) is 0 Å². The van der Waals surface area contributed by atoms with Crippen molar-refractivity contribution in [1.29, 1.82) is 0 Å². The number of hydrogen-bond acceptors (Lipinski definition) is 3. The summed E-state index contributed by atoms with van der Waals surface area (Å²) in [7, 11) is 0. The third-order valence-electron chi connectivity index (χ3n) is 4.93. The van der Waals surface area contributed by atoms with E-state index in [-0.39, 0.29) is 18.0 Å². The summed E-state index contributed by atoms with van der Waals surface area (Å²) in [4.78, 5) is 27.6. The minimum absolute atomic E-state index is 0.185. The third kappa shape index (κ3) is 2.59. The largest absolute Gasteiger partial charge is 0.416 e. The molecule has 1 aliphatic heterocycles. The van der Waals surface area contributed by atoms with Crippen LogP contribution in [0.25, 0.3) is 0 Å². The molecule has 136 valence electrons. The van der Waals surface area contributed by atoms with E-state index >= 15 is 0 Å². The molecule has 2 aliphatic rings. The van der Waals surface area contributed by atoms with Gasteiger partial charge in [0.25, 0.3) is 5.91 Å². The van der Waals surface area contributed by atoms with Gasteiger partial charge in [0, 0.05) is 10.4 Å². The quantitative estimate of drug-likeness (QED) is 0.799. The Morgan fingerprint density at radius 3 is 2.81 bits per heavy atom. The monoisotopic (exact) mass is 380 g/mol. The first kappa shape index (κ1) is 17.1. The predicted octanol–water partition coefficient (Wildman–Crippen LogP) is 4.05. The third-order valence-corrected chi connectivity index (χ3v) is 5.91. The molecule has 26 heavy (non-hydrogen) atoms. The molecule has 1 N–H and O–H groups in total. The fraction of sp³-hybridized carbons (Fsp3) is 0.333. The van der Waals surface area contributed by atoms with E-state index in [1.807, 2.05) is 11.4 Å². The number of benzene rings is 1. The topological polar surface area (TPSA) is 49.4 Å². The Morgan fingerprint density at radius 2 is 2.04 bits per heavy atom. The molecule has 1 aromatic carbocycles. The number of amides is 3. The van der Waals surface area contributed by atoms with Gasteiger partial charge in [0.05, 0.1) is 12.1 Å². The van der Waals surface area contributed by atoms with Crippen LogP contribution in [0.1, 0.15) is 34.4 Å². The average Bonchev–Trinajstić information content (AvgIpc) is 3.15. The normalized spacial score (nSPS) is 22.7. The Morgan fingerprint density at radius 1 is 1.23 bits per heavy atom. The van der Waals surface area contributed by atoms with Gasteiger partial charge in [-0.15, -0.1) is 11.3 Å². The molecule has 1 saturated heterocycles. The number of alkyl halides is 3. The molecule has 0 radical (unpaired) electrons. The predicted molar refractivity (Wildman–Crippen MR) is 89.5 cm³/mol. The van der Waals surface area contributed by atoms with E-state index in [1.54, 1.807) is 11.3 Å². The first-order valence-electron chi connectivity index (χ1n) is 8.18. The van der Waals surface area contributed by atoms with Crippen LogP contribution in [0.2, 0.25) is 0 Å². The standard InChI is InChI=1S/C18H15F3N2O2S/c19-18(20,21)12-4-1-3-11(9-12)10-23-15(24)17(22-16(23)25)7-2-5-14-13(17)6-8-26-14/h1,3-4,6,8-9H,2,5,7,10H2,(H,22,25). The van der Waals surface area contributed by atoms with E-state index in [4.69, 9.17) is 0 Å². The number of carbonyl (C=O) groups excluding carboxylic acids is 2. The molecule has 3 amide bonds. The number of nitrogens with one attached hydrogen (secondary N) is 1. The minimum Gasteiger partial charge on any atom is -0.319 e. The maximum atomic E-state index is 13.1. The van der Waals surface area contributed by atoms with E-state index in [0.717, 1.165) is 40.3 Å². The number of halogens is 3. The van der Waals surface area contributed by atoms with E-state index in [2.05, 4.69) is 5.32 Å². The van der Waals surface area contributed by atoms with Gasteiger partial charge in [0.2, 0.25) is 0 Å². The van der Waals surface area contributed by atoms with E-state index in [9.17, 15) is 22.8 Å². The van der Waals surface area contributed by atoms with Gasteiger partial charge in [-0.2, -0.15) is 13.2 Å². The molecular formula is C18H15F3N2O2S. The molecule has 8 heteroatoms. The summed E-state index contributed by atoms with van der Waals surface area (Å²) in [6, 6.07) is 6.00. The molecule has 1 aliphatic carbocycles. The number of nitrogens with zero attached hydrogens (tertiary/aromatic N) is 1. The first-order valence-corrected chi connectivity index (χ1v) is 9.06. The fourth-order valence-corrected chi connectivity index (χ4v) is 4.71. The Hall–Kier alpha value is -2.35. The van der Waals surface area contributed by atoms with Crippen LogP contribution in [-0.4, -0.2) is 16.8 Å². The zero-order valence-electron chi connectivity index (χ0n) is 13.6. The maximum Gasteiger partial charge on any atom is 0.416 e. The van der Waals surface area contributed by atoms with Gasteiger partial charge in [0.1, 0.15) is 5.54 Å². The summed E-state index contributed by atoms with van der Waals surface area (Å²) < 4.78 is 38.7. The van der Waals surface area contributed by atoms with Crippen LogP contribution in [0.4, 0.5) is 18.0 Å². The van der Waals surface area contributed by atoms with Gasteiger partial charge < -0.3 is 5.32 Å². The number of thiophene rings is 1. The van der Waals surface area contributed by atoms with Crippen molar-refractivity contribution < 1.29 is 22.8 Å². The number of hydrogen-bond donors (Lipinski definition) is 1. The molecule has 1 fully saturated rings. The number of carbonyl (C=O) groups is 2. The fourth-order valence-electron chi connectivity index (χ4n) is 3.71. The SMILES string of the molecule is O=C1NC2(CCCc3sccc32)C(=O)N1Cc1cccc(C(F)(F)F)c1. The average molecular weight is 380 g/mol. The molecule has 0 bridgehead atoms. The molecule has 1 spiro atoms. The van der Waals surface area contributed by atoms with Crippen LogP contribution in [-0.2, 0) is 29.5 Å². The lowest BCUT2D eigenvalue weighted by molar-refractivity contribution is -0.137. The van der Waals surface area contributed by atoms with Crippen LogP contribution < -0.4 is 5.32 Å². The van der Waals surface area contributed by atoms with Crippen LogP contribution in [0.15, 0.2) is 35.7 Å². The Labute approximate surface area is 151 Å². The second kappa shape index (κ2) is 5.84. The van der Waals surface area contributed by atoms with Gasteiger partial charge in [-0.25, -0.2) is 4.79 Å². The molecule has 1 unspecified atom stereocenters. The highest BCUT2D eigenvalue weighted by Gasteiger charge is 2.54. The summed E-state index contributed by atoms with van der Waals surface area (Å²) in [6.07, 6.45) is -2.33. The molecule has 1 atom stereocenters. The number of rotatable bonds is 2. The smallest absolute Gasteiger partial charge is 0.319 e. The molecular weight excluding hydrogens is 365 g/mol. The maximum absolute atomic E-state index is 13.1. The van der Waals surface area contributed by atoms with Crippen LogP contribution in [0.3, 0.4) is 0 Å². The first-order chi connectivity index (χ1) is 12.3. The minimum atomic E-state index is -4.47. The summed E-state index contributed by atoms with van der Waals surface area (Å²) in [5, 5.41) is 4.69. The second-order valence-corrected chi connectivity index (χ2v) is 7.54. The molecule has 2 heterocycles. The van der Waals surface area contributed by atoms with Gasteiger partial charge in [-0.05, 0) is 48.4 Å². The van der Waals surface area contributed by atoms with E-state index < -0.39 is 23.3 Å². The lowest BCUT2D eigenvalue weighted by Gasteiger charge is -2.31. The number of urea groups is 1. The lowest BCUT2D eigenvalue weighted by Crippen LogP contribution is -2.46. The van der Waals surface area contributed by atoms with Crippen LogP contribution >= 0.6 is 11.3 Å². The molecule has 4 rings (SSSR count). The van der Waals surface area contributed by atoms with Crippen LogP contribution in [0, 0.1) is 0 Å². The Kier molecular flexibility index (Phi) is 3.83. The van der Waals surface area contributed by atoms with Gasteiger partial charge in [-0.3, -0.25) is 9.69 Å². The zero-order chi connectivity index (χ0) is 18.5. The highest BCUT2D eigenvalue weighted by atomic mass is 32.1. The van der Waals surface area contributed by atoms with Crippen molar-refractivity contribution in [3.63, 3.8) is 0 Å². The number of imide groups is 1. The second-order valence-electron chi connectivity index (χ2n) is 6.54. The van der Waals surface area contributed by atoms with Gasteiger partial charge in [-0.1, -0.05) is 12.1 Å². The Balaban J connectivity index is 1.64. The number of aryl methyl sites for hydroxylation is 1. The highest BCUT2D eigenvalue weighted by Crippen LogP contribution is 2.42. The summed E-state index contributed by atoms with van der Waals surface area (Å²) in [5.41, 5.74) is -0.790. The Bertz CT molecular complexity index is 893. The summed E-state index contributed by atoms with van der Waals surface area (Å²) in [6.45, 7) is -0.185. The highest BCUT2D eigenvalue weighted by molar-refractivity contribution is 7.10. The zero-order valence-corrected chi connectivity index (χ0v) is 14.4. The van der Waals surface area contributed by atoms with Crippen molar-refractivity contribution in [3.05, 3.63) is 57.3 Å². The van der Waals surface area contributed by atoms with Crippen molar-refractivity contribution in [2.45, 2.75) is 37.5 Å². The molecule has 4 nitrogen and oxygen atoms in total. The lowest BCUT2D eigenvalue weighted by atomic mass is 9.80. The van der Waals surface area contributed by atoms with Crippen molar-refractivity contribution in [2.24, 2.45) is 0 Å². The van der Waals surface area contributed by atoms with Crippen molar-refractivity contribution in [2.75, 3.05) is 0 Å². The molecule has 2 aromatic rings. The molecule has 0 saturated carbocycles.